The quantitative estimate of drug-likeness (QED) is 0.783. The van der Waals surface area contributed by atoms with Crippen LogP contribution in [-0.4, -0.2) is 47.7 Å². The van der Waals surface area contributed by atoms with Gasteiger partial charge in [0.25, 0.3) is 0 Å². The summed E-state index contributed by atoms with van der Waals surface area (Å²) in [5.74, 6) is -1.35. The van der Waals surface area contributed by atoms with Gasteiger partial charge in [-0.2, -0.15) is 0 Å². The van der Waals surface area contributed by atoms with Crippen LogP contribution < -0.4 is 0 Å². The minimum absolute atomic E-state index is 0.0427. The van der Waals surface area contributed by atoms with Crippen molar-refractivity contribution in [3.05, 3.63) is 12.2 Å². The van der Waals surface area contributed by atoms with Gasteiger partial charge in [0, 0.05) is 25.1 Å². The predicted octanol–water partition coefficient (Wildman–Crippen LogP) is 1.68. The molecule has 1 unspecified atom stereocenters. The summed E-state index contributed by atoms with van der Waals surface area (Å²) in [6, 6.07) is 0.332. The molecule has 2 fully saturated rings. The summed E-state index contributed by atoms with van der Waals surface area (Å²) in [5.41, 5.74) is 0. The van der Waals surface area contributed by atoms with E-state index in [2.05, 4.69) is 0 Å². The predicted molar refractivity (Wildman–Crippen MR) is 76.7 cm³/mol. The fourth-order valence-corrected chi connectivity index (χ4v) is 3.38. The van der Waals surface area contributed by atoms with Gasteiger partial charge in [0.15, 0.2) is 0 Å². The number of carbonyl (C=O) groups excluding carboxylic acids is 1. The lowest BCUT2D eigenvalue weighted by Gasteiger charge is -2.32. The Morgan fingerprint density at radius 2 is 1.86 bits per heavy atom. The number of rotatable bonds is 5. The van der Waals surface area contributed by atoms with Crippen molar-refractivity contribution in [2.75, 3.05) is 19.8 Å². The minimum atomic E-state index is -0.849. The third-order valence-electron chi connectivity index (χ3n) is 4.82. The number of nitrogens with zero attached hydrogens (tertiary/aromatic N) is 1. The Morgan fingerprint density at radius 1 is 1.14 bits per heavy atom. The Balaban J connectivity index is 1.70. The summed E-state index contributed by atoms with van der Waals surface area (Å²) in [7, 11) is 0. The molecule has 1 saturated carbocycles. The maximum absolute atomic E-state index is 12.9. The number of allylic oxidation sites excluding steroid dienone is 2. The molecule has 3 rings (SSSR count). The van der Waals surface area contributed by atoms with E-state index in [4.69, 9.17) is 4.74 Å². The third-order valence-corrected chi connectivity index (χ3v) is 4.82. The van der Waals surface area contributed by atoms with Gasteiger partial charge in [0.1, 0.15) is 0 Å². The average molecular weight is 293 g/mol. The molecule has 0 radical (unpaired) electrons. The van der Waals surface area contributed by atoms with Gasteiger partial charge in [-0.15, -0.1) is 0 Å². The number of carboxylic acids is 1. The standard InChI is InChI=1S/C16H23NO4/c18-15(13-3-1-2-4-14(13)16(19)20)17(12-5-6-12)9-11-7-8-21-10-11/h1-2,11-14H,3-10H2,(H,19,20)/t11?,13-,14+/m1/s1. The molecule has 116 valence electrons. The van der Waals surface area contributed by atoms with Crippen molar-refractivity contribution in [3.63, 3.8) is 0 Å². The number of carboxylic acid groups (broad SMARTS) is 1. The second-order valence-corrected chi connectivity index (χ2v) is 6.45. The molecular weight excluding hydrogens is 270 g/mol. The normalized spacial score (nSPS) is 32.1. The van der Waals surface area contributed by atoms with Gasteiger partial charge in [-0.25, -0.2) is 0 Å². The first-order valence-electron chi connectivity index (χ1n) is 7.93. The summed E-state index contributed by atoms with van der Waals surface area (Å²) < 4.78 is 5.40. The lowest BCUT2D eigenvalue weighted by Crippen LogP contribution is -2.45. The van der Waals surface area contributed by atoms with Crippen molar-refractivity contribution >= 4 is 11.9 Å². The van der Waals surface area contributed by atoms with Crippen molar-refractivity contribution in [3.8, 4) is 0 Å². The lowest BCUT2D eigenvalue weighted by molar-refractivity contribution is -0.151. The first-order valence-corrected chi connectivity index (χ1v) is 7.93. The van der Waals surface area contributed by atoms with Crippen LogP contribution in [0.3, 0.4) is 0 Å². The minimum Gasteiger partial charge on any atom is -0.481 e. The zero-order valence-corrected chi connectivity index (χ0v) is 12.2. The molecule has 3 aliphatic rings. The van der Waals surface area contributed by atoms with E-state index in [1.807, 2.05) is 17.1 Å². The second kappa shape index (κ2) is 6.18. The first kappa shape index (κ1) is 14.6. The SMILES string of the molecule is O=C(O)[C@H]1CC=CC[C@H]1C(=O)N(CC1CCOC1)C1CC1. The molecule has 0 aromatic rings. The Hall–Kier alpha value is -1.36. The highest BCUT2D eigenvalue weighted by atomic mass is 16.5. The van der Waals surface area contributed by atoms with Gasteiger partial charge in [0.2, 0.25) is 5.91 Å². The Morgan fingerprint density at radius 3 is 2.43 bits per heavy atom. The van der Waals surface area contributed by atoms with Crippen LogP contribution in [0, 0.1) is 17.8 Å². The maximum Gasteiger partial charge on any atom is 0.307 e. The number of carbonyl (C=O) groups is 2. The molecule has 5 nitrogen and oxygen atoms in total. The zero-order valence-electron chi connectivity index (χ0n) is 12.2. The highest BCUT2D eigenvalue weighted by Gasteiger charge is 2.41. The van der Waals surface area contributed by atoms with E-state index in [0.29, 0.717) is 24.8 Å². The van der Waals surface area contributed by atoms with Gasteiger partial charge < -0.3 is 14.7 Å². The summed E-state index contributed by atoms with van der Waals surface area (Å²) in [4.78, 5) is 26.2. The van der Waals surface area contributed by atoms with Gasteiger partial charge in [0.05, 0.1) is 18.4 Å². The van der Waals surface area contributed by atoms with E-state index in [9.17, 15) is 14.7 Å². The van der Waals surface area contributed by atoms with Gasteiger partial charge in [-0.1, -0.05) is 12.2 Å². The highest BCUT2D eigenvalue weighted by Crippen LogP contribution is 2.34. The largest absolute Gasteiger partial charge is 0.481 e. The van der Waals surface area contributed by atoms with E-state index >= 15 is 0 Å². The van der Waals surface area contributed by atoms with Crippen LogP contribution in [0.15, 0.2) is 12.2 Å². The van der Waals surface area contributed by atoms with Crippen LogP contribution in [0.1, 0.15) is 32.1 Å². The molecule has 1 saturated heterocycles. The molecule has 0 spiro atoms. The third kappa shape index (κ3) is 3.28. The van der Waals surface area contributed by atoms with Crippen molar-refractivity contribution in [2.45, 2.75) is 38.1 Å². The number of aliphatic carboxylic acids is 1. The zero-order chi connectivity index (χ0) is 14.8. The smallest absolute Gasteiger partial charge is 0.307 e. The second-order valence-electron chi connectivity index (χ2n) is 6.45. The molecule has 1 heterocycles. The van der Waals surface area contributed by atoms with Crippen LogP contribution in [-0.2, 0) is 14.3 Å². The van der Waals surface area contributed by atoms with Crippen molar-refractivity contribution < 1.29 is 19.4 Å². The van der Waals surface area contributed by atoms with Crippen molar-refractivity contribution in [1.29, 1.82) is 0 Å². The molecule has 5 heteroatoms. The molecule has 2 aliphatic carbocycles. The summed E-state index contributed by atoms with van der Waals surface area (Å²) in [6.07, 6.45) is 7.97. The topological polar surface area (TPSA) is 66.8 Å². The van der Waals surface area contributed by atoms with Crippen LogP contribution in [0.4, 0.5) is 0 Å². The highest BCUT2D eigenvalue weighted by molar-refractivity contribution is 5.85. The Bertz CT molecular complexity index is 438. The molecular formula is C16H23NO4. The molecule has 0 aromatic carbocycles. The lowest BCUT2D eigenvalue weighted by atomic mass is 9.82. The average Bonchev–Trinajstić information content (AvgIpc) is 3.20. The summed E-state index contributed by atoms with van der Waals surface area (Å²) >= 11 is 0. The van der Waals surface area contributed by atoms with Crippen molar-refractivity contribution in [1.82, 2.24) is 4.90 Å². The number of ether oxygens (including phenoxy) is 1. The molecule has 0 bridgehead atoms. The summed E-state index contributed by atoms with van der Waals surface area (Å²) in [5, 5.41) is 9.35. The first-order chi connectivity index (χ1) is 10.2. The van der Waals surface area contributed by atoms with Gasteiger partial charge in [-0.05, 0) is 32.1 Å². The monoisotopic (exact) mass is 293 g/mol. The Kier molecular flexibility index (Phi) is 4.29. The molecule has 1 amide bonds. The van der Waals surface area contributed by atoms with E-state index < -0.39 is 17.8 Å². The van der Waals surface area contributed by atoms with E-state index in [0.717, 1.165) is 39.0 Å². The van der Waals surface area contributed by atoms with Gasteiger partial charge >= 0.3 is 5.97 Å². The number of hydrogen-bond donors (Lipinski definition) is 1. The van der Waals surface area contributed by atoms with Crippen molar-refractivity contribution in [2.24, 2.45) is 17.8 Å². The van der Waals surface area contributed by atoms with Gasteiger partial charge in [-0.3, -0.25) is 9.59 Å². The van der Waals surface area contributed by atoms with Crippen LogP contribution in [0.2, 0.25) is 0 Å². The summed E-state index contributed by atoms with van der Waals surface area (Å²) in [6.45, 7) is 2.24. The van der Waals surface area contributed by atoms with E-state index in [1.165, 1.54) is 0 Å². The number of hydrogen-bond acceptors (Lipinski definition) is 3. The van der Waals surface area contributed by atoms with Crippen LogP contribution in [0.5, 0.6) is 0 Å². The van der Waals surface area contributed by atoms with E-state index in [-0.39, 0.29) is 5.91 Å². The van der Waals surface area contributed by atoms with Crippen LogP contribution in [0.25, 0.3) is 0 Å². The Labute approximate surface area is 124 Å². The maximum atomic E-state index is 12.9. The van der Waals surface area contributed by atoms with E-state index in [1.54, 1.807) is 0 Å². The fourth-order valence-electron chi connectivity index (χ4n) is 3.38. The number of amides is 1. The molecule has 0 aromatic heterocycles. The molecule has 21 heavy (non-hydrogen) atoms. The fraction of sp³-hybridized carbons (Fsp3) is 0.750. The molecule has 1 aliphatic heterocycles. The molecule has 1 N–H and O–H groups in total. The van der Waals surface area contributed by atoms with Crippen LogP contribution >= 0.6 is 0 Å². The molecule has 3 atom stereocenters.